The van der Waals surface area contributed by atoms with E-state index in [-0.39, 0.29) is 11.9 Å². The smallest absolute Gasteiger partial charge is 0.230 e. The van der Waals surface area contributed by atoms with Gasteiger partial charge in [0.15, 0.2) is 0 Å². The highest BCUT2D eigenvalue weighted by molar-refractivity contribution is 8.00. The highest BCUT2D eigenvalue weighted by Crippen LogP contribution is 2.41. The van der Waals surface area contributed by atoms with Crippen molar-refractivity contribution in [3.63, 3.8) is 0 Å². The number of amides is 1. The Kier molecular flexibility index (Phi) is 4.73. The summed E-state index contributed by atoms with van der Waals surface area (Å²) in [5.74, 6) is 1.01. The molecule has 5 heteroatoms. The number of carbonyl (C=O) groups excluding carboxylic acids is 1. The molecule has 4 nitrogen and oxygen atoms in total. The van der Waals surface area contributed by atoms with Gasteiger partial charge in [0.2, 0.25) is 5.91 Å². The van der Waals surface area contributed by atoms with Gasteiger partial charge in [-0.25, -0.2) is 0 Å². The van der Waals surface area contributed by atoms with Crippen LogP contribution in [0.4, 0.5) is 0 Å². The summed E-state index contributed by atoms with van der Waals surface area (Å²) >= 11 is 1.53. The van der Waals surface area contributed by atoms with Crippen molar-refractivity contribution >= 4 is 17.7 Å². The molecule has 0 unspecified atom stereocenters. The lowest BCUT2D eigenvalue weighted by Crippen LogP contribution is -2.32. The zero-order chi connectivity index (χ0) is 15.4. The molecule has 1 saturated carbocycles. The molecule has 2 aromatic rings. The number of rotatable bonds is 6. The van der Waals surface area contributed by atoms with Gasteiger partial charge in [0.05, 0.1) is 17.5 Å². The fraction of sp³-hybridized carbons (Fsp3) is 0.353. The van der Waals surface area contributed by atoms with Crippen molar-refractivity contribution in [1.82, 2.24) is 15.3 Å². The lowest BCUT2D eigenvalue weighted by Gasteiger charge is -2.19. The van der Waals surface area contributed by atoms with E-state index in [2.05, 4.69) is 28.3 Å². The standard InChI is InChI=1S/C17H19N3OS/c1-12-3-2-8-19-16(12)17(13-4-5-13)20-15(21)11-22-14-6-9-18-10-7-14/h2-3,6-10,13,17H,4-5,11H2,1H3,(H,20,21)/t17-/m1/s1. The van der Waals surface area contributed by atoms with Gasteiger partial charge in [-0.05, 0) is 49.4 Å². The Morgan fingerprint density at radius 3 is 2.77 bits per heavy atom. The van der Waals surface area contributed by atoms with E-state index in [0.717, 1.165) is 16.2 Å². The third-order valence-electron chi connectivity index (χ3n) is 3.77. The molecule has 1 amide bonds. The van der Waals surface area contributed by atoms with Crippen molar-refractivity contribution in [2.24, 2.45) is 5.92 Å². The van der Waals surface area contributed by atoms with Gasteiger partial charge in [0, 0.05) is 23.5 Å². The summed E-state index contributed by atoms with van der Waals surface area (Å²) in [5, 5.41) is 3.17. The Labute approximate surface area is 134 Å². The lowest BCUT2D eigenvalue weighted by molar-refractivity contribution is -0.119. The highest BCUT2D eigenvalue weighted by Gasteiger charge is 2.34. The van der Waals surface area contributed by atoms with Gasteiger partial charge in [-0.15, -0.1) is 11.8 Å². The Morgan fingerprint density at radius 1 is 1.32 bits per heavy atom. The van der Waals surface area contributed by atoms with Crippen molar-refractivity contribution in [2.45, 2.75) is 30.7 Å². The maximum atomic E-state index is 12.3. The van der Waals surface area contributed by atoms with Crippen molar-refractivity contribution in [1.29, 1.82) is 0 Å². The molecular weight excluding hydrogens is 294 g/mol. The molecule has 22 heavy (non-hydrogen) atoms. The van der Waals surface area contributed by atoms with E-state index in [1.807, 2.05) is 18.2 Å². The summed E-state index contributed by atoms with van der Waals surface area (Å²) in [6.07, 6.45) is 7.61. The molecule has 1 atom stereocenters. The Bertz CT molecular complexity index is 643. The van der Waals surface area contributed by atoms with Gasteiger partial charge in [-0.3, -0.25) is 14.8 Å². The number of carbonyl (C=O) groups is 1. The van der Waals surface area contributed by atoms with Gasteiger partial charge in [-0.1, -0.05) is 6.07 Å². The minimum absolute atomic E-state index is 0.0479. The lowest BCUT2D eigenvalue weighted by atomic mass is 10.0. The second-order valence-corrected chi connectivity index (χ2v) is 6.61. The number of aryl methyl sites for hydroxylation is 1. The summed E-state index contributed by atoms with van der Waals surface area (Å²) < 4.78 is 0. The van der Waals surface area contributed by atoms with Crippen LogP contribution in [0.3, 0.4) is 0 Å². The monoisotopic (exact) mass is 313 g/mol. The number of pyridine rings is 2. The van der Waals surface area contributed by atoms with E-state index < -0.39 is 0 Å². The van der Waals surface area contributed by atoms with E-state index in [0.29, 0.717) is 11.7 Å². The molecule has 0 aliphatic heterocycles. The molecule has 0 aromatic carbocycles. The second kappa shape index (κ2) is 6.92. The van der Waals surface area contributed by atoms with Crippen molar-refractivity contribution in [2.75, 3.05) is 5.75 Å². The van der Waals surface area contributed by atoms with Gasteiger partial charge < -0.3 is 5.32 Å². The van der Waals surface area contributed by atoms with Crippen molar-refractivity contribution in [3.05, 3.63) is 54.1 Å². The van der Waals surface area contributed by atoms with Crippen molar-refractivity contribution < 1.29 is 4.79 Å². The SMILES string of the molecule is Cc1cccnc1[C@H](NC(=O)CSc1ccncc1)C1CC1. The second-order valence-electron chi connectivity index (χ2n) is 5.56. The molecule has 1 N–H and O–H groups in total. The van der Waals surface area contributed by atoms with Crippen LogP contribution < -0.4 is 5.32 Å². The largest absolute Gasteiger partial charge is 0.347 e. The molecular formula is C17H19N3OS. The van der Waals surface area contributed by atoms with E-state index in [9.17, 15) is 4.79 Å². The van der Waals surface area contributed by atoms with E-state index in [1.165, 1.54) is 24.6 Å². The summed E-state index contributed by atoms with van der Waals surface area (Å²) in [7, 11) is 0. The molecule has 3 rings (SSSR count). The average molecular weight is 313 g/mol. The predicted octanol–water partition coefficient (Wildman–Crippen LogP) is 3.14. The van der Waals surface area contributed by atoms with Crippen LogP contribution in [0, 0.1) is 12.8 Å². The summed E-state index contributed by atoms with van der Waals surface area (Å²) in [4.78, 5) is 21.8. The minimum Gasteiger partial charge on any atom is -0.347 e. The molecule has 0 radical (unpaired) electrons. The van der Waals surface area contributed by atoms with Gasteiger partial charge in [-0.2, -0.15) is 0 Å². The number of hydrogen-bond donors (Lipinski definition) is 1. The molecule has 1 aliphatic rings. The number of hydrogen-bond acceptors (Lipinski definition) is 4. The third kappa shape index (κ3) is 3.85. The third-order valence-corrected chi connectivity index (χ3v) is 4.79. The molecule has 1 fully saturated rings. The first-order chi connectivity index (χ1) is 10.7. The molecule has 0 spiro atoms. The van der Waals surface area contributed by atoms with Crippen LogP contribution in [-0.4, -0.2) is 21.6 Å². The Hall–Kier alpha value is -1.88. The fourth-order valence-corrected chi connectivity index (χ4v) is 3.16. The number of nitrogens with zero attached hydrogens (tertiary/aromatic N) is 2. The van der Waals surface area contributed by atoms with Crippen LogP contribution in [0.1, 0.15) is 30.1 Å². The fourth-order valence-electron chi connectivity index (χ4n) is 2.46. The van der Waals surface area contributed by atoms with Crippen LogP contribution in [0.25, 0.3) is 0 Å². The van der Waals surface area contributed by atoms with E-state index in [1.54, 1.807) is 18.6 Å². The molecule has 2 heterocycles. The maximum absolute atomic E-state index is 12.3. The Morgan fingerprint density at radius 2 is 2.09 bits per heavy atom. The number of aromatic nitrogens is 2. The van der Waals surface area contributed by atoms with Crippen LogP contribution in [0.5, 0.6) is 0 Å². The van der Waals surface area contributed by atoms with Gasteiger partial charge >= 0.3 is 0 Å². The summed E-state index contributed by atoms with van der Waals surface area (Å²) in [5.41, 5.74) is 2.15. The Balaban J connectivity index is 1.62. The molecule has 1 aliphatic carbocycles. The van der Waals surface area contributed by atoms with Crippen LogP contribution >= 0.6 is 11.8 Å². The molecule has 0 bridgehead atoms. The molecule has 114 valence electrons. The first kappa shape index (κ1) is 15.0. The average Bonchev–Trinajstić information content (AvgIpc) is 3.37. The first-order valence-corrected chi connectivity index (χ1v) is 8.46. The molecule has 0 saturated heterocycles. The van der Waals surface area contributed by atoms with E-state index >= 15 is 0 Å². The quantitative estimate of drug-likeness (QED) is 0.832. The normalized spacial score (nSPS) is 15.3. The van der Waals surface area contributed by atoms with Gasteiger partial charge in [0.1, 0.15) is 0 Å². The summed E-state index contributed by atoms with van der Waals surface area (Å²) in [6, 6.07) is 7.87. The molecule has 2 aromatic heterocycles. The minimum atomic E-state index is 0.0479. The van der Waals surface area contributed by atoms with E-state index in [4.69, 9.17) is 0 Å². The predicted molar refractivity (Wildman–Crippen MR) is 87.5 cm³/mol. The number of thioether (sulfide) groups is 1. The zero-order valence-corrected chi connectivity index (χ0v) is 13.3. The first-order valence-electron chi connectivity index (χ1n) is 7.48. The van der Waals surface area contributed by atoms with Crippen molar-refractivity contribution in [3.8, 4) is 0 Å². The van der Waals surface area contributed by atoms with Crippen LogP contribution in [-0.2, 0) is 4.79 Å². The van der Waals surface area contributed by atoms with Gasteiger partial charge in [0.25, 0.3) is 0 Å². The number of nitrogens with one attached hydrogen (secondary N) is 1. The zero-order valence-electron chi connectivity index (χ0n) is 12.5. The van der Waals surface area contributed by atoms with Crippen LogP contribution in [0.15, 0.2) is 47.8 Å². The topological polar surface area (TPSA) is 54.9 Å². The maximum Gasteiger partial charge on any atom is 0.230 e. The highest BCUT2D eigenvalue weighted by atomic mass is 32.2. The van der Waals surface area contributed by atoms with Crippen LogP contribution in [0.2, 0.25) is 0 Å². The summed E-state index contributed by atoms with van der Waals surface area (Å²) in [6.45, 7) is 2.05.